The molecule has 5 atom stereocenters. The molecular formula is C20H16O6. The number of rotatable bonds is 2. The number of ether oxygens (including phenoxy) is 4. The summed E-state index contributed by atoms with van der Waals surface area (Å²) in [5.74, 6) is -1.44. The molecule has 0 aromatic heterocycles. The molecule has 0 amide bonds. The van der Waals surface area contributed by atoms with Gasteiger partial charge in [-0.1, -0.05) is 36.4 Å². The zero-order valence-corrected chi connectivity index (χ0v) is 14.0. The zero-order chi connectivity index (χ0) is 17.9. The van der Waals surface area contributed by atoms with Crippen molar-refractivity contribution in [2.24, 2.45) is 11.8 Å². The van der Waals surface area contributed by atoms with Crippen LogP contribution in [0.5, 0.6) is 0 Å². The van der Waals surface area contributed by atoms with Gasteiger partial charge < -0.3 is 18.9 Å². The molecule has 0 saturated carbocycles. The van der Waals surface area contributed by atoms with Gasteiger partial charge >= 0.3 is 11.9 Å². The van der Waals surface area contributed by atoms with E-state index in [-0.39, 0.29) is 11.8 Å². The largest absolute Gasteiger partial charge is 0.471 e. The topological polar surface area (TPSA) is 71.1 Å². The van der Waals surface area contributed by atoms with Crippen LogP contribution < -0.4 is 0 Å². The minimum Gasteiger partial charge on any atom is -0.471 e. The van der Waals surface area contributed by atoms with Gasteiger partial charge in [0.05, 0.1) is 30.4 Å². The lowest BCUT2D eigenvalue weighted by atomic mass is 9.78. The molecule has 26 heavy (non-hydrogen) atoms. The summed E-state index contributed by atoms with van der Waals surface area (Å²) < 4.78 is 22.3. The number of methoxy groups -OCH3 is 1. The fourth-order valence-corrected chi connectivity index (χ4v) is 4.33. The van der Waals surface area contributed by atoms with Crippen LogP contribution in [0.3, 0.4) is 0 Å². The molecule has 0 bridgehead atoms. The molecule has 6 nitrogen and oxygen atoms in total. The fraction of sp³-hybridized carbons (Fsp3) is 0.300. The third-order valence-corrected chi connectivity index (χ3v) is 5.46. The highest BCUT2D eigenvalue weighted by molar-refractivity contribution is 5.99. The molecule has 0 unspecified atom stereocenters. The first-order valence-electron chi connectivity index (χ1n) is 8.43. The summed E-state index contributed by atoms with van der Waals surface area (Å²) >= 11 is 0. The highest BCUT2D eigenvalue weighted by Gasteiger charge is 2.70. The average Bonchev–Trinajstić information content (AvgIpc) is 3.27. The van der Waals surface area contributed by atoms with Crippen molar-refractivity contribution in [1.29, 1.82) is 0 Å². The summed E-state index contributed by atoms with van der Waals surface area (Å²) in [6, 6.07) is 9.54. The first-order valence-corrected chi connectivity index (χ1v) is 8.43. The Labute approximate surface area is 149 Å². The van der Waals surface area contributed by atoms with Crippen LogP contribution in [-0.4, -0.2) is 37.0 Å². The highest BCUT2D eigenvalue weighted by Crippen LogP contribution is 2.58. The molecule has 132 valence electrons. The number of esters is 2. The Bertz CT molecular complexity index is 883. The standard InChI is InChI=1S/C20H16O6/c1-23-17(21)14-10-24-19-15-12(14)7-8-20(15)16(25-19)13(18(22)26-20)9-11-5-3-2-4-6-11/h2-10,12,15-16,19H,1H3/b13-9+/t12-,15-,16+,19-,20+/m1/s1. The third kappa shape index (κ3) is 1.90. The molecule has 0 N–H and O–H groups in total. The molecule has 6 heteroatoms. The van der Waals surface area contributed by atoms with Gasteiger partial charge in [0.15, 0.2) is 5.60 Å². The number of carbonyl (C=O) groups excluding carboxylic acids is 2. The third-order valence-electron chi connectivity index (χ3n) is 5.46. The van der Waals surface area contributed by atoms with E-state index in [4.69, 9.17) is 18.9 Å². The van der Waals surface area contributed by atoms with Crippen molar-refractivity contribution in [2.45, 2.75) is 18.0 Å². The SMILES string of the molecule is COC(=O)C1=CO[C@@H]2O[C@H]3/C(=C\c4ccccc4)C(=O)O[C@]34C=C[C@H]1[C@H]24. The van der Waals surface area contributed by atoms with Gasteiger partial charge in [-0.15, -0.1) is 0 Å². The number of carbonyl (C=O) groups is 2. The van der Waals surface area contributed by atoms with Crippen LogP contribution in [0.15, 0.2) is 59.9 Å². The molecular weight excluding hydrogens is 336 g/mol. The van der Waals surface area contributed by atoms with Gasteiger partial charge in [-0.05, 0) is 17.7 Å². The van der Waals surface area contributed by atoms with Crippen LogP contribution >= 0.6 is 0 Å². The first-order chi connectivity index (χ1) is 12.6. The van der Waals surface area contributed by atoms with Crippen molar-refractivity contribution in [3.63, 3.8) is 0 Å². The van der Waals surface area contributed by atoms with E-state index in [9.17, 15) is 9.59 Å². The molecule has 1 aromatic rings. The van der Waals surface area contributed by atoms with Crippen LogP contribution in [0, 0.1) is 11.8 Å². The molecule has 1 aliphatic carbocycles. The van der Waals surface area contributed by atoms with Crippen molar-refractivity contribution in [2.75, 3.05) is 7.11 Å². The van der Waals surface area contributed by atoms with Crippen LogP contribution in [-0.2, 0) is 28.5 Å². The number of hydrogen-bond acceptors (Lipinski definition) is 6. The van der Waals surface area contributed by atoms with Crippen molar-refractivity contribution in [1.82, 2.24) is 0 Å². The Morgan fingerprint density at radius 3 is 2.85 bits per heavy atom. The maximum atomic E-state index is 12.6. The van der Waals surface area contributed by atoms with Crippen LogP contribution in [0.4, 0.5) is 0 Å². The summed E-state index contributed by atoms with van der Waals surface area (Å²) in [4.78, 5) is 24.6. The van der Waals surface area contributed by atoms with E-state index in [1.165, 1.54) is 13.4 Å². The van der Waals surface area contributed by atoms with Gasteiger partial charge in [-0.3, -0.25) is 0 Å². The van der Waals surface area contributed by atoms with Crippen LogP contribution in [0.25, 0.3) is 6.08 Å². The second-order valence-electron chi connectivity index (χ2n) is 6.75. The minimum atomic E-state index is -0.944. The van der Waals surface area contributed by atoms with Gasteiger partial charge in [0.1, 0.15) is 6.10 Å². The zero-order valence-electron chi connectivity index (χ0n) is 14.0. The van der Waals surface area contributed by atoms with E-state index >= 15 is 0 Å². The quantitative estimate of drug-likeness (QED) is 0.460. The van der Waals surface area contributed by atoms with E-state index in [1.807, 2.05) is 42.5 Å². The molecule has 2 saturated heterocycles. The second kappa shape index (κ2) is 5.32. The molecule has 5 rings (SSSR count). The lowest BCUT2D eigenvalue weighted by molar-refractivity contribution is -0.152. The Balaban J connectivity index is 1.54. The van der Waals surface area contributed by atoms with Crippen molar-refractivity contribution in [3.8, 4) is 0 Å². The van der Waals surface area contributed by atoms with E-state index in [0.717, 1.165) is 5.56 Å². The molecule has 1 spiro atoms. The number of hydrogen-bond donors (Lipinski definition) is 0. The van der Waals surface area contributed by atoms with Crippen molar-refractivity contribution in [3.05, 3.63) is 65.5 Å². The Morgan fingerprint density at radius 1 is 1.27 bits per heavy atom. The summed E-state index contributed by atoms with van der Waals surface area (Å²) in [7, 11) is 1.33. The molecule has 0 radical (unpaired) electrons. The Kier molecular flexibility index (Phi) is 3.15. The average molecular weight is 352 g/mol. The highest BCUT2D eigenvalue weighted by atomic mass is 16.7. The summed E-state index contributed by atoms with van der Waals surface area (Å²) in [6.45, 7) is 0. The fourth-order valence-electron chi connectivity index (χ4n) is 4.33. The molecule has 3 heterocycles. The van der Waals surface area contributed by atoms with E-state index in [1.54, 1.807) is 6.08 Å². The first kappa shape index (κ1) is 15.4. The lowest BCUT2D eigenvalue weighted by Crippen LogP contribution is -2.43. The van der Waals surface area contributed by atoms with E-state index in [2.05, 4.69) is 0 Å². The van der Waals surface area contributed by atoms with Gasteiger partial charge in [0.2, 0.25) is 6.29 Å². The molecule has 2 fully saturated rings. The maximum absolute atomic E-state index is 12.6. The number of benzene rings is 1. The Hall–Kier alpha value is -2.86. The summed E-state index contributed by atoms with van der Waals surface area (Å²) in [5.41, 5.74) is 0.810. The molecule has 3 aliphatic heterocycles. The van der Waals surface area contributed by atoms with Gasteiger partial charge in [0.25, 0.3) is 0 Å². The lowest BCUT2D eigenvalue weighted by Gasteiger charge is -2.32. The molecule has 4 aliphatic rings. The predicted octanol–water partition coefficient (Wildman–Crippen LogP) is 1.98. The summed E-state index contributed by atoms with van der Waals surface area (Å²) in [6.07, 6.45) is 5.75. The van der Waals surface area contributed by atoms with Crippen LogP contribution in [0.1, 0.15) is 5.56 Å². The Morgan fingerprint density at radius 2 is 2.08 bits per heavy atom. The van der Waals surface area contributed by atoms with Gasteiger partial charge in [-0.2, -0.15) is 0 Å². The predicted molar refractivity (Wildman–Crippen MR) is 89.2 cm³/mol. The number of allylic oxidation sites excluding steroid dienone is 1. The van der Waals surface area contributed by atoms with Crippen LogP contribution in [0.2, 0.25) is 0 Å². The monoisotopic (exact) mass is 352 g/mol. The summed E-state index contributed by atoms with van der Waals surface area (Å²) in [5, 5.41) is 0. The van der Waals surface area contributed by atoms with Gasteiger partial charge in [-0.25, -0.2) is 9.59 Å². The van der Waals surface area contributed by atoms with Crippen molar-refractivity contribution >= 4 is 18.0 Å². The van der Waals surface area contributed by atoms with E-state index in [0.29, 0.717) is 11.1 Å². The molecule has 1 aromatic carbocycles. The van der Waals surface area contributed by atoms with Crippen molar-refractivity contribution < 1.29 is 28.5 Å². The normalized spacial score (nSPS) is 37.7. The second-order valence-corrected chi connectivity index (χ2v) is 6.75. The smallest absolute Gasteiger partial charge is 0.337 e. The van der Waals surface area contributed by atoms with Gasteiger partial charge in [0, 0.05) is 5.92 Å². The maximum Gasteiger partial charge on any atom is 0.337 e. The van der Waals surface area contributed by atoms with E-state index < -0.39 is 29.9 Å². The minimum absolute atomic E-state index is 0.268.